The predicted molar refractivity (Wildman–Crippen MR) is 107 cm³/mol. The van der Waals surface area contributed by atoms with E-state index in [0.717, 1.165) is 48.3 Å². The van der Waals surface area contributed by atoms with Gasteiger partial charge in [-0.2, -0.15) is 0 Å². The maximum absolute atomic E-state index is 12.7. The van der Waals surface area contributed by atoms with Gasteiger partial charge in [-0.05, 0) is 43.4 Å². The highest BCUT2D eigenvalue weighted by Crippen LogP contribution is 2.21. The van der Waals surface area contributed by atoms with E-state index < -0.39 is 0 Å². The molecule has 0 spiro atoms. The summed E-state index contributed by atoms with van der Waals surface area (Å²) in [5, 5.41) is 0. The van der Waals surface area contributed by atoms with Crippen molar-refractivity contribution in [2.45, 2.75) is 38.6 Å². The molecule has 1 aliphatic heterocycles. The first-order chi connectivity index (χ1) is 12.5. The second-order valence-electron chi connectivity index (χ2n) is 6.90. The molecular weight excluding hydrogens is 392 g/mol. The fourth-order valence-corrected chi connectivity index (χ4v) is 3.81. The third-order valence-electron chi connectivity index (χ3n) is 4.95. The lowest BCUT2D eigenvalue weighted by Gasteiger charge is -2.37. The van der Waals surface area contributed by atoms with Gasteiger partial charge in [0.25, 0.3) is 0 Å². The highest BCUT2D eigenvalue weighted by atomic mass is 79.9. The highest BCUT2D eigenvalue weighted by molar-refractivity contribution is 9.10. The Balaban J connectivity index is 1.58. The normalized spacial score (nSPS) is 17.2. The monoisotopic (exact) mass is 416 g/mol. The number of nitrogens with zero attached hydrogens (tertiary/aromatic N) is 4. The maximum Gasteiger partial charge on any atom is 0.225 e. The fourth-order valence-electron chi connectivity index (χ4n) is 3.33. The summed E-state index contributed by atoms with van der Waals surface area (Å²) in [6, 6.07) is 8.36. The Hall–Kier alpha value is -1.95. The van der Waals surface area contributed by atoms with Crippen molar-refractivity contribution in [1.29, 1.82) is 0 Å². The second kappa shape index (κ2) is 8.62. The molecule has 0 saturated carbocycles. The van der Waals surface area contributed by atoms with E-state index in [1.54, 1.807) is 0 Å². The van der Waals surface area contributed by atoms with Crippen LogP contribution in [0, 0.1) is 6.92 Å². The van der Waals surface area contributed by atoms with Crippen LogP contribution in [0.2, 0.25) is 0 Å². The van der Waals surface area contributed by atoms with E-state index in [0.29, 0.717) is 6.42 Å². The molecule has 6 heteroatoms. The topological polar surface area (TPSA) is 49.3 Å². The summed E-state index contributed by atoms with van der Waals surface area (Å²) in [6.07, 6.45) is 7.05. The Kier molecular flexibility index (Phi) is 6.25. The average molecular weight is 417 g/mol. The number of likely N-dealkylation sites (N-methyl/N-ethyl adjacent to an activating group) is 1. The van der Waals surface area contributed by atoms with Crippen LogP contribution in [0.25, 0.3) is 0 Å². The first kappa shape index (κ1) is 18.8. The third kappa shape index (κ3) is 4.61. The smallest absolute Gasteiger partial charge is 0.225 e. The van der Waals surface area contributed by atoms with Gasteiger partial charge in [0.05, 0.1) is 0 Å². The SMILES string of the molecule is Cc1cnc(N(C)C2CCCN(C(=O)CCc3ccccc3Br)C2)nc1. The number of aryl methyl sites for hydroxylation is 2. The van der Waals surface area contributed by atoms with Crippen LogP contribution in [0.4, 0.5) is 5.95 Å². The Bertz CT molecular complexity index is 750. The molecule has 26 heavy (non-hydrogen) atoms. The summed E-state index contributed by atoms with van der Waals surface area (Å²) in [4.78, 5) is 25.6. The Morgan fingerprint density at radius 1 is 1.31 bits per heavy atom. The van der Waals surface area contributed by atoms with Gasteiger partial charge in [0, 0.05) is 49.5 Å². The zero-order valence-corrected chi connectivity index (χ0v) is 16.9. The predicted octanol–water partition coefficient (Wildman–Crippen LogP) is 3.61. The van der Waals surface area contributed by atoms with Crippen molar-refractivity contribution in [2.75, 3.05) is 25.0 Å². The van der Waals surface area contributed by atoms with Crippen molar-refractivity contribution >= 4 is 27.8 Å². The Morgan fingerprint density at radius 2 is 2.04 bits per heavy atom. The van der Waals surface area contributed by atoms with Gasteiger partial charge in [0.1, 0.15) is 0 Å². The van der Waals surface area contributed by atoms with Crippen molar-refractivity contribution < 1.29 is 4.79 Å². The number of anilines is 1. The van der Waals surface area contributed by atoms with Crippen LogP contribution in [0.1, 0.15) is 30.4 Å². The molecule has 1 saturated heterocycles. The van der Waals surface area contributed by atoms with E-state index >= 15 is 0 Å². The van der Waals surface area contributed by atoms with Gasteiger partial charge in [-0.15, -0.1) is 0 Å². The van der Waals surface area contributed by atoms with E-state index in [4.69, 9.17) is 0 Å². The van der Waals surface area contributed by atoms with E-state index in [9.17, 15) is 4.79 Å². The summed E-state index contributed by atoms with van der Waals surface area (Å²) in [5.74, 6) is 0.951. The number of carbonyl (C=O) groups is 1. The fraction of sp³-hybridized carbons (Fsp3) is 0.450. The molecule has 2 aromatic rings. The molecule has 1 atom stereocenters. The number of hydrogen-bond donors (Lipinski definition) is 0. The molecule has 0 N–H and O–H groups in total. The summed E-state index contributed by atoms with van der Waals surface area (Å²) < 4.78 is 1.07. The molecule has 0 radical (unpaired) electrons. The summed E-state index contributed by atoms with van der Waals surface area (Å²) in [7, 11) is 2.02. The summed E-state index contributed by atoms with van der Waals surface area (Å²) in [5.41, 5.74) is 2.23. The van der Waals surface area contributed by atoms with E-state index in [-0.39, 0.29) is 11.9 Å². The molecule has 3 rings (SSSR count). The van der Waals surface area contributed by atoms with Gasteiger partial charge < -0.3 is 9.80 Å². The second-order valence-corrected chi connectivity index (χ2v) is 7.75. The minimum absolute atomic E-state index is 0.226. The van der Waals surface area contributed by atoms with Crippen molar-refractivity contribution in [1.82, 2.24) is 14.9 Å². The Morgan fingerprint density at radius 3 is 2.77 bits per heavy atom. The van der Waals surface area contributed by atoms with Gasteiger partial charge in [-0.25, -0.2) is 9.97 Å². The van der Waals surface area contributed by atoms with Crippen molar-refractivity contribution in [3.05, 3.63) is 52.3 Å². The molecular formula is C20H25BrN4O. The van der Waals surface area contributed by atoms with Crippen molar-refractivity contribution in [3.63, 3.8) is 0 Å². The van der Waals surface area contributed by atoms with Crippen molar-refractivity contribution in [2.24, 2.45) is 0 Å². The van der Waals surface area contributed by atoms with Gasteiger partial charge >= 0.3 is 0 Å². The number of rotatable bonds is 5. The van der Waals surface area contributed by atoms with E-state index in [1.165, 1.54) is 5.56 Å². The molecule has 1 amide bonds. The van der Waals surface area contributed by atoms with Crippen LogP contribution in [-0.4, -0.2) is 47.0 Å². The van der Waals surface area contributed by atoms with Crippen LogP contribution >= 0.6 is 15.9 Å². The molecule has 1 aromatic carbocycles. The van der Waals surface area contributed by atoms with Crippen LogP contribution in [-0.2, 0) is 11.2 Å². The lowest BCUT2D eigenvalue weighted by molar-refractivity contribution is -0.132. The van der Waals surface area contributed by atoms with Crippen LogP contribution < -0.4 is 4.90 Å². The van der Waals surface area contributed by atoms with Crippen LogP contribution in [0.15, 0.2) is 41.1 Å². The van der Waals surface area contributed by atoms with Gasteiger partial charge in [-0.3, -0.25) is 4.79 Å². The van der Waals surface area contributed by atoms with E-state index in [1.807, 2.05) is 49.5 Å². The van der Waals surface area contributed by atoms with Gasteiger partial charge in [-0.1, -0.05) is 34.1 Å². The number of hydrogen-bond acceptors (Lipinski definition) is 4. The quantitative estimate of drug-likeness (QED) is 0.746. The minimum Gasteiger partial charge on any atom is -0.341 e. The molecule has 5 nitrogen and oxygen atoms in total. The minimum atomic E-state index is 0.226. The van der Waals surface area contributed by atoms with Crippen molar-refractivity contribution in [3.8, 4) is 0 Å². The zero-order valence-electron chi connectivity index (χ0n) is 15.4. The molecule has 1 unspecified atom stereocenters. The van der Waals surface area contributed by atoms with Gasteiger partial charge in [0.2, 0.25) is 11.9 Å². The Labute approximate surface area is 163 Å². The highest BCUT2D eigenvalue weighted by Gasteiger charge is 2.27. The summed E-state index contributed by atoms with van der Waals surface area (Å²) >= 11 is 3.56. The number of likely N-dealkylation sites (tertiary alicyclic amines) is 1. The maximum atomic E-state index is 12.7. The van der Waals surface area contributed by atoms with Gasteiger partial charge in [0.15, 0.2) is 0 Å². The standard InChI is InChI=1S/C20H25BrN4O/c1-15-12-22-20(23-13-15)24(2)17-7-5-11-25(14-17)19(26)10-9-16-6-3-4-8-18(16)21/h3-4,6,8,12-13,17H,5,7,9-11,14H2,1-2H3. The molecule has 1 fully saturated rings. The molecule has 0 bridgehead atoms. The molecule has 2 heterocycles. The summed E-state index contributed by atoms with van der Waals surface area (Å²) in [6.45, 7) is 3.56. The number of benzene rings is 1. The first-order valence-corrected chi connectivity index (χ1v) is 9.86. The van der Waals surface area contributed by atoms with E-state index in [2.05, 4.69) is 36.9 Å². The third-order valence-corrected chi connectivity index (χ3v) is 5.72. The lowest BCUT2D eigenvalue weighted by atomic mass is 10.0. The molecule has 1 aromatic heterocycles. The first-order valence-electron chi connectivity index (χ1n) is 9.07. The molecule has 1 aliphatic rings. The number of piperidine rings is 1. The lowest BCUT2D eigenvalue weighted by Crippen LogP contribution is -2.49. The van der Waals surface area contributed by atoms with Crippen LogP contribution in [0.5, 0.6) is 0 Å². The number of amides is 1. The average Bonchev–Trinajstić information content (AvgIpc) is 2.67. The number of aromatic nitrogens is 2. The zero-order chi connectivity index (χ0) is 18.5. The number of carbonyl (C=O) groups excluding carboxylic acids is 1. The number of halogens is 1. The largest absolute Gasteiger partial charge is 0.341 e. The molecule has 0 aliphatic carbocycles. The van der Waals surface area contributed by atoms with Crippen LogP contribution in [0.3, 0.4) is 0 Å². The molecule has 138 valence electrons.